The lowest BCUT2D eigenvalue weighted by Gasteiger charge is -2.25. The number of morpholine rings is 1. The predicted molar refractivity (Wildman–Crippen MR) is 59.7 cm³/mol. The Morgan fingerprint density at radius 1 is 1.53 bits per heavy atom. The molecule has 2 rings (SSSR count). The fourth-order valence-corrected chi connectivity index (χ4v) is 2.46. The first kappa shape index (κ1) is 10.9. The molecule has 1 saturated heterocycles. The smallest absolute Gasteiger partial charge is 0.137 e. The second-order valence-electron chi connectivity index (χ2n) is 3.43. The molecule has 0 spiro atoms. The second-order valence-corrected chi connectivity index (χ2v) is 4.24. The Morgan fingerprint density at radius 2 is 2.40 bits per heavy atom. The first-order valence-electron chi connectivity index (χ1n) is 4.97. The van der Waals surface area contributed by atoms with Crippen molar-refractivity contribution in [2.45, 2.75) is 11.0 Å². The maximum atomic E-state index is 13.5. The van der Waals surface area contributed by atoms with Crippen molar-refractivity contribution < 1.29 is 9.13 Å². The second kappa shape index (κ2) is 4.96. The SMILES string of the molecule is CSc1c(F)cccc1C1CNCCO1. The lowest BCUT2D eigenvalue weighted by Crippen LogP contribution is -2.33. The number of halogens is 1. The normalized spacial score (nSPS) is 21.6. The molecule has 1 heterocycles. The molecule has 0 aliphatic carbocycles. The zero-order valence-electron chi connectivity index (χ0n) is 8.63. The van der Waals surface area contributed by atoms with Crippen LogP contribution in [-0.4, -0.2) is 26.0 Å². The number of benzene rings is 1. The van der Waals surface area contributed by atoms with E-state index in [0.29, 0.717) is 11.5 Å². The standard InChI is InChI=1S/C11H14FNOS/c1-15-11-8(3-2-4-9(11)12)10-7-13-5-6-14-10/h2-4,10,13H,5-7H2,1H3. The van der Waals surface area contributed by atoms with Gasteiger partial charge < -0.3 is 10.1 Å². The summed E-state index contributed by atoms with van der Waals surface area (Å²) in [6.07, 6.45) is 1.87. The molecule has 0 amide bonds. The molecule has 1 aliphatic rings. The van der Waals surface area contributed by atoms with Gasteiger partial charge in [-0.2, -0.15) is 0 Å². The molecule has 1 fully saturated rings. The molecule has 15 heavy (non-hydrogen) atoms. The number of ether oxygens (including phenoxy) is 1. The first-order chi connectivity index (χ1) is 7.33. The Hall–Kier alpha value is -0.580. The number of rotatable bonds is 2. The van der Waals surface area contributed by atoms with Gasteiger partial charge in [0.2, 0.25) is 0 Å². The van der Waals surface area contributed by atoms with Crippen molar-refractivity contribution in [3.8, 4) is 0 Å². The van der Waals surface area contributed by atoms with Gasteiger partial charge in [-0.15, -0.1) is 11.8 Å². The zero-order valence-corrected chi connectivity index (χ0v) is 9.44. The van der Waals surface area contributed by atoms with E-state index in [2.05, 4.69) is 5.32 Å². The van der Waals surface area contributed by atoms with Crippen LogP contribution in [0.15, 0.2) is 23.1 Å². The van der Waals surface area contributed by atoms with Gasteiger partial charge in [-0.05, 0) is 17.9 Å². The summed E-state index contributed by atoms with van der Waals surface area (Å²) < 4.78 is 19.1. The Labute approximate surface area is 93.2 Å². The highest BCUT2D eigenvalue weighted by molar-refractivity contribution is 7.98. The highest BCUT2D eigenvalue weighted by atomic mass is 32.2. The molecule has 4 heteroatoms. The van der Waals surface area contributed by atoms with Gasteiger partial charge in [-0.25, -0.2) is 4.39 Å². The minimum atomic E-state index is -0.158. The first-order valence-corrected chi connectivity index (χ1v) is 6.20. The Balaban J connectivity index is 2.29. The van der Waals surface area contributed by atoms with Crippen LogP contribution in [0.4, 0.5) is 4.39 Å². The molecule has 1 atom stereocenters. The molecular formula is C11H14FNOS. The van der Waals surface area contributed by atoms with E-state index in [1.165, 1.54) is 17.8 Å². The van der Waals surface area contributed by atoms with Gasteiger partial charge >= 0.3 is 0 Å². The van der Waals surface area contributed by atoms with Gasteiger partial charge in [-0.3, -0.25) is 0 Å². The maximum Gasteiger partial charge on any atom is 0.137 e. The van der Waals surface area contributed by atoms with Crippen LogP contribution in [0.2, 0.25) is 0 Å². The van der Waals surface area contributed by atoms with Gasteiger partial charge in [0.15, 0.2) is 0 Å². The third-order valence-corrected chi connectivity index (χ3v) is 3.32. The fourth-order valence-electron chi connectivity index (χ4n) is 1.76. The van der Waals surface area contributed by atoms with E-state index in [-0.39, 0.29) is 11.9 Å². The number of hydrogen-bond acceptors (Lipinski definition) is 3. The summed E-state index contributed by atoms with van der Waals surface area (Å²) in [5, 5.41) is 3.25. The van der Waals surface area contributed by atoms with Crippen molar-refractivity contribution in [1.82, 2.24) is 5.32 Å². The lowest BCUT2D eigenvalue weighted by molar-refractivity contribution is 0.0258. The molecule has 1 unspecified atom stereocenters. The van der Waals surface area contributed by atoms with Gasteiger partial charge in [-0.1, -0.05) is 12.1 Å². The average molecular weight is 227 g/mol. The van der Waals surface area contributed by atoms with Crippen molar-refractivity contribution >= 4 is 11.8 Å². The summed E-state index contributed by atoms with van der Waals surface area (Å²) in [6.45, 7) is 2.33. The van der Waals surface area contributed by atoms with E-state index >= 15 is 0 Å². The van der Waals surface area contributed by atoms with Crippen molar-refractivity contribution in [3.63, 3.8) is 0 Å². The average Bonchev–Trinajstić information content (AvgIpc) is 2.30. The molecular weight excluding hydrogens is 213 g/mol. The van der Waals surface area contributed by atoms with Crippen LogP contribution in [0.1, 0.15) is 11.7 Å². The molecule has 0 saturated carbocycles. The summed E-state index contributed by atoms with van der Waals surface area (Å²) in [4.78, 5) is 0.700. The Bertz CT molecular complexity index is 339. The van der Waals surface area contributed by atoms with Crippen LogP contribution in [0.3, 0.4) is 0 Å². The van der Waals surface area contributed by atoms with Crippen LogP contribution in [0.25, 0.3) is 0 Å². The van der Waals surface area contributed by atoms with Crippen molar-refractivity contribution in [2.24, 2.45) is 0 Å². The largest absolute Gasteiger partial charge is 0.371 e. The number of nitrogens with one attached hydrogen (secondary N) is 1. The Morgan fingerprint density at radius 3 is 3.07 bits per heavy atom. The van der Waals surface area contributed by atoms with Crippen LogP contribution in [0.5, 0.6) is 0 Å². The summed E-state index contributed by atoms with van der Waals surface area (Å²) >= 11 is 1.43. The summed E-state index contributed by atoms with van der Waals surface area (Å²) in [6, 6.07) is 5.17. The van der Waals surface area contributed by atoms with E-state index in [1.54, 1.807) is 6.07 Å². The molecule has 0 radical (unpaired) electrons. The fraction of sp³-hybridized carbons (Fsp3) is 0.455. The third-order valence-electron chi connectivity index (χ3n) is 2.48. The van der Waals surface area contributed by atoms with Crippen LogP contribution < -0.4 is 5.32 Å². The van der Waals surface area contributed by atoms with Crippen LogP contribution in [0, 0.1) is 5.82 Å². The number of thioether (sulfide) groups is 1. The van der Waals surface area contributed by atoms with Gasteiger partial charge in [0.25, 0.3) is 0 Å². The van der Waals surface area contributed by atoms with Crippen LogP contribution >= 0.6 is 11.8 Å². The third kappa shape index (κ3) is 2.33. The molecule has 1 N–H and O–H groups in total. The molecule has 1 aromatic carbocycles. The van der Waals surface area contributed by atoms with Crippen molar-refractivity contribution in [3.05, 3.63) is 29.6 Å². The Kier molecular flexibility index (Phi) is 3.61. The quantitative estimate of drug-likeness (QED) is 0.783. The van der Waals surface area contributed by atoms with Gasteiger partial charge in [0.05, 0.1) is 12.7 Å². The minimum Gasteiger partial charge on any atom is -0.371 e. The van der Waals surface area contributed by atoms with E-state index in [9.17, 15) is 4.39 Å². The predicted octanol–water partition coefficient (Wildman–Crippen LogP) is 2.21. The highest BCUT2D eigenvalue weighted by Gasteiger charge is 2.20. The molecule has 2 nitrogen and oxygen atoms in total. The summed E-state index contributed by atoms with van der Waals surface area (Å²) in [5.41, 5.74) is 0.953. The monoisotopic (exact) mass is 227 g/mol. The summed E-state index contributed by atoms with van der Waals surface area (Å²) in [7, 11) is 0. The molecule has 0 aromatic heterocycles. The molecule has 82 valence electrons. The molecule has 0 bridgehead atoms. The van der Waals surface area contributed by atoms with E-state index in [0.717, 1.165) is 18.7 Å². The topological polar surface area (TPSA) is 21.3 Å². The maximum absolute atomic E-state index is 13.5. The number of hydrogen-bond donors (Lipinski definition) is 1. The van der Waals surface area contributed by atoms with Gasteiger partial charge in [0, 0.05) is 18.0 Å². The lowest BCUT2D eigenvalue weighted by atomic mass is 10.1. The summed E-state index contributed by atoms with van der Waals surface area (Å²) in [5.74, 6) is -0.158. The highest BCUT2D eigenvalue weighted by Crippen LogP contribution is 2.30. The van der Waals surface area contributed by atoms with E-state index < -0.39 is 0 Å². The molecule has 1 aliphatic heterocycles. The minimum absolute atomic E-state index is 0.0168. The molecule has 1 aromatic rings. The van der Waals surface area contributed by atoms with Gasteiger partial charge in [0.1, 0.15) is 5.82 Å². The van der Waals surface area contributed by atoms with E-state index in [1.807, 2.05) is 12.3 Å². The van der Waals surface area contributed by atoms with E-state index in [4.69, 9.17) is 4.74 Å². The van der Waals surface area contributed by atoms with Crippen molar-refractivity contribution in [2.75, 3.05) is 26.0 Å². The zero-order chi connectivity index (χ0) is 10.7. The van der Waals surface area contributed by atoms with Crippen molar-refractivity contribution in [1.29, 1.82) is 0 Å². The van der Waals surface area contributed by atoms with Crippen LogP contribution in [-0.2, 0) is 4.74 Å².